The van der Waals surface area contributed by atoms with Crippen LogP contribution in [0, 0.1) is 6.92 Å². The lowest BCUT2D eigenvalue weighted by atomic mass is 10.1. The first kappa shape index (κ1) is 20.1. The highest BCUT2D eigenvalue weighted by molar-refractivity contribution is 9.10. The van der Waals surface area contributed by atoms with Crippen molar-refractivity contribution in [2.24, 2.45) is 5.10 Å². The molecule has 5 nitrogen and oxygen atoms in total. The maximum atomic E-state index is 12.4. The van der Waals surface area contributed by atoms with E-state index in [1.54, 1.807) is 19.2 Å². The van der Waals surface area contributed by atoms with Crippen LogP contribution in [0.2, 0.25) is 0 Å². The predicted molar refractivity (Wildman–Crippen MR) is 116 cm³/mol. The van der Waals surface area contributed by atoms with Crippen LogP contribution in [0.15, 0.2) is 70.8 Å². The molecule has 144 valence electrons. The molecule has 0 saturated carbocycles. The normalized spacial score (nSPS) is 11.3. The van der Waals surface area contributed by atoms with E-state index in [2.05, 4.69) is 33.0 Å². The summed E-state index contributed by atoms with van der Waals surface area (Å²) in [7, 11) is 1.65. The molecule has 0 aliphatic rings. The van der Waals surface area contributed by atoms with Gasteiger partial charge in [0.05, 0.1) is 12.8 Å². The SMILES string of the molecule is C=CCn1c(-c2ccc(OC)cc2)c(C)s/c1=N/NC(=O)c1ccc(Br)cc1. The fourth-order valence-electron chi connectivity index (χ4n) is 2.78. The van der Waals surface area contributed by atoms with Crippen LogP contribution in [0.25, 0.3) is 11.3 Å². The van der Waals surface area contributed by atoms with Gasteiger partial charge in [0.15, 0.2) is 0 Å². The summed E-state index contributed by atoms with van der Waals surface area (Å²) >= 11 is 4.89. The zero-order valence-corrected chi connectivity index (χ0v) is 18.0. The Balaban J connectivity index is 1.96. The highest BCUT2D eigenvalue weighted by Gasteiger charge is 2.13. The number of methoxy groups -OCH3 is 1. The summed E-state index contributed by atoms with van der Waals surface area (Å²) in [6, 6.07) is 15.0. The van der Waals surface area contributed by atoms with Crippen molar-refractivity contribution in [1.29, 1.82) is 0 Å². The summed E-state index contributed by atoms with van der Waals surface area (Å²) in [5, 5.41) is 4.36. The van der Waals surface area contributed by atoms with E-state index in [1.165, 1.54) is 11.3 Å². The van der Waals surface area contributed by atoms with E-state index in [9.17, 15) is 4.79 Å². The molecule has 2 aromatic carbocycles. The summed E-state index contributed by atoms with van der Waals surface area (Å²) < 4.78 is 8.20. The minimum atomic E-state index is -0.255. The van der Waals surface area contributed by atoms with Crippen LogP contribution in [0.1, 0.15) is 15.2 Å². The number of hydrogen-bond donors (Lipinski definition) is 1. The van der Waals surface area contributed by atoms with Gasteiger partial charge in [0.25, 0.3) is 5.91 Å². The van der Waals surface area contributed by atoms with Crippen molar-refractivity contribution in [3.8, 4) is 17.0 Å². The number of aryl methyl sites for hydroxylation is 1. The number of carbonyl (C=O) groups is 1. The summed E-state index contributed by atoms with van der Waals surface area (Å²) in [5.74, 6) is 0.549. The molecule has 1 N–H and O–H groups in total. The highest BCUT2D eigenvalue weighted by atomic mass is 79.9. The molecule has 0 unspecified atom stereocenters. The second kappa shape index (κ2) is 9.03. The van der Waals surface area contributed by atoms with Crippen molar-refractivity contribution < 1.29 is 9.53 Å². The Labute approximate surface area is 176 Å². The monoisotopic (exact) mass is 457 g/mol. The zero-order valence-electron chi connectivity index (χ0n) is 15.6. The fraction of sp³-hybridized carbons (Fsp3) is 0.143. The zero-order chi connectivity index (χ0) is 20.1. The molecular formula is C21H20BrN3O2S. The minimum absolute atomic E-state index is 0.255. The van der Waals surface area contributed by atoms with Crippen molar-refractivity contribution in [2.75, 3.05) is 7.11 Å². The average Bonchev–Trinajstić information content (AvgIpc) is 3.02. The second-order valence-corrected chi connectivity index (χ2v) is 8.07. The van der Waals surface area contributed by atoms with Gasteiger partial charge in [-0.05, 0) is 61.0 Å². The fourth-order valence-corrected chi connectivity index (χ4v) is 4.01. The maximum Gasteiger partial charge on any atom is 0.271 e. The summed E-state index contributed by atoms with van der Waals surface area (Å²) in [6.07, 6.45) is 1.81. The van der Waals surface area contributed by atoms with Gasteiger partial charge in [-0.25, -0.2) is 5.43 Å². The van der Waals surface area contributed by atoms with E-state index < -0.39 is 0 Å². The number of amides is 1. The topological polar surface area (TPSA) is 55.6 Å². The number of allylic oxidation sites excluding steroid dienone is 1. The molecule has 1 heterocycles. The number of rotatable bonds is 6. The Morgan fingerprint density at radius 3 is 2.54 bits per heavy atom. The number of aromatic nitrogens is 1. The Kier molecular flexibility index (Phi) is 6.49. The molecule has 0 aliphatic carbocycles. The third-order valence-electron chi connectivity index (χ3n) is 4.11. The molecule has 7 heteroatoms. The first-order chi connectivity index (χ1) is 13.5. The number of benzene rings is 2. The quantitative estimate of drug-likeness (QED) is 0.429. The molecule has 0 spiro atoms. The molecule has 1 aromatic heterocycles. The molecule has 1 amide bonds. The van der Waals surface area contributed by atoms with Gasteiger partial charge in [-0.2, -0.15) is 0 Å². The molecule has 28 heavy (non-hydrogen) atoms. The Morgan fingerprint density at radius 2 is 1.93 bits per heavy atom. The summed E-state index contributed by atoms with van der Waals surface area (Å²) in [5.41, 5.74) is 5.30. The van der Waals surface area contributed by atoms with E-state index in [0.29, 0.717) is 16.9 Å². The largest absolute Gasteiger partial charge is 0.497 e. The Hall–Kier alpha value is -2.64. The van der Waals surface area contributed by atoms with Crippen LogP contribution in [-0.2, 0) is 6.54 Å². The molecule has 0 saturated heterocycles. The minimum Gasteiger partial charge on any atom is -0.497 e. The van der Waals surface area contributed by atoms with Crippen molar-refractivity contribution >= 4 is 33.2 Å². The van der Waals surface area contributed by atoms with Crippen LogP contribution in [-0.4, -0.2) is 17.6 Å². The summed E-state index contributed by atoms with van der Waals surface area (Å²) in [4.78, 5) is 14.2. The highest BCUT2D eigenvalue weighted by Crippen LogP contribution is 2.27. The van der Waals surface area contributed by atoms with Crippen LogP contribution in [0.4, 0.5) is 0 Å². The molecule has 3 rings (SSSR count). The Bertz CT molecular complexity index is 1050. The lowest BCUT2D eigenvalue weighted by molar-refractivity contribution is 0.0953. The van der Waals surface area contributed by atoms with Gasteiger partial charge in [0.2, 0.25) is 4.80 Å². The van der Waals surface area contributed by atoms with E-state index in [-0.39, 0.29) is 5.91 Å². The lowest BCUT2D eigenvalue weighted by Gasteiger charge is -2.09. The third kappa shape index (κ3) is 4.43. The van der Waals surface area contributed by atoms with Crippen molar-refractivity contribution in [3.63, 3.8) is 0 Å². The number of hydrogen-bond acceptors (Lipinski definition) is 4. The maximum absolute atomic E-state index is 12.4. The standard InChI is InChI=1S/C21H20BrN3O2S/c1-4-13-25-19(15-7-11-18(27-3)12-8-15)14(2)28-21(25)24-23-20(26)16-5-9-17(22)10-6-16/h4-12H,1,13H2,2-3H3,(H,23,26)/b24-21+. The predicted octanol–water partition coefficient (Wildman–Crippen LogP) is 4.73. The van der Waals surface area contributed by atoms with E-state index in [1.807, 2.05) is 54.0 Å². The van der Waals surface area contributed by atoms with Crippen molar-refractivity contribution in [3.05, 3.63) is 80.9 Å². The van der Waals surface area contributed by atoms with E-state index in [0.717, 1.165) is 26.4 Å². The number of nitrogens with zero attached hydrogens (tertiary/aromatic N) is 2. The number of carbonyl (C=O) groups excluding carboxylic acids is 1. The molecular weight excluding hydrogens is 438 g/mol. The van der Waals surface area contributed by atoms with Crippen LogP contribution in [0.5, 0.6) is 5.75 Å². The molecule has 0 radical (unpaired) electrons. The number of halogens is 1. The average molecular weight is 458 g/mol. The summed E-state index contributed by atoms with van der Waals surface area (Å²) in [6.45, 7) is 6.47. The van der Waals surface area contributed by atoms with Gasteiger partial charge in [0.1, 0.15) is 5.75 Å². The molecule has 0 atom stereocenters. The molecule has 3 aromatic rings. The van der Waals surface area contributed by atoms with Crippen molar-refractivity contribution in [2.45, 2.75) is 13.5 Å². The van der Waals surface area contributed by atoms with E-state index >= 15 is 0 Å². The molecule has 0 aliphatic heterocycles. The number of nitrogens with one attached hydrogen (secondary N) is 1. The van der Waals surface area contributed by atoms with Crippen LogP contribution in [0.3, 0.4) is 0 Å². The van der Waals surface area contributed by atoms with Gasteiger partial charge in [-0.3, -0.25) is 4.79 Å². The molecule has 0 bridgehead atoms. The van der Waals surface area contributed by atoms with Crippen molar-refractivity contribution in [1.82, 2.24) is 9.99 Å². The third-order valence-corrected chi connectivity index (χ3v) is 5.64. The second-order valence-electron chi connectivity index (χ2n) is 5.98. The number of ether oxygens (including phenoxy) is 1. The first-order valence-corrected chi connectivity index (χ1v) is 10.2. The van der Waals surface area contributed by atoms with Gasteiger partial charge >= 0.3 is 0 Å². The van der Waals surface area contributed by atoms with Gasteiger partial charge in [-0.15, -0.1) is 11.7 Å². The number of thiazole rings is 1. The Morgan fingerprint density at radius 1 is 1.25 bits per heavy atom. The van der Waals surface area contributed by atoms with Gasteiger partial charge in [0, 0.05) is 21.5 Å². The first-order valence-electron chi connectivity index (χ1n) is 8.58. The van der Waals surface area contributed by atoms with E-state index in [4.69, 9.17) is 4.74 Å². The molecule has 0 fully saturated rings. The van der Waals surface area contributed by atoms with Crippen LogP contribution < -0.4 is 15.0 Å². The van der Waals surface area contributed by atoms with Crippen LogP contribution >= 0.6 is 27.3 Å². The van der Waals surface area contributed by atoms with Gasteiger partial charge < -0.3 is 9.30 Å². The lowest BCUT2D eigenvalue weighted by Crippen LogP contribution is -2.24. The van der Waals surface area contributed by atoms with Gasteiger partial charge in [-0.1, -0.05) is 33.3 Å². The smallest absolute Gasteiger partial charge is 0.271 e.